The second-order valence-electron chi connectivity index (χ2n) is 2.62. The summed E-state index contributed by atoms with van der Waals surface area (Å²) < 4.78 is 5.26. The molecule has 0 N–H and O–H groups in total. The van der Waals surface area contributed by atoms with E-state index in [1.165, 1.54) is 6.92 Å². The zero-order valence-electron chi connectivity index (χ0n) is 7.42. The van der Waals surface area contributed by atoms with Crippen LogP contribution < -0.4 is 4.74 Å². The van der Waals surface area contributed by atoms with Gasteiger partial charge >= 0.3 is 0 Å². The normalized spacial score (nSPS) is 9.69. The molecule has 0 amide bonds. The highest BCUT2D eigenvalue weighted by Gasteiger charge is 2.00. The van der Waals surface area contributed by atoms with E-state index < -0.39 is 0 Å². The van der Waals surface area contributed by atoms with E-state index in [1.54, 1.807) is 24.3 Å². The summed E-state index contributed by atoms with van der Waals surface area (Å²) in [4.78, 5) is 11.0. The maximum absolute atomic E-state index is 11.0. The number of rotatable bonds is 4. The molecule has 0 spiro atoms. The highest BCUT2D eigenvalue weighted by Crippen LogP contribution is 2.13. The summed E-state index contributed by atoms with van der Waals surface area (Å²) >= 11 is 5.46. The van der Waals surface area contributed by atoms with Crippen LogP contribution in [-0.4, -0.2) is 18.3 Å². The van der Waals surface area contributed by atoms with Crippen LogP contribution in [0.3, 0.4) is 0 Å². The molecular formula is C10H11ClO2. The second kappa shape index (κ2) is 4.87. The van der Waals surface area contributed by atoms with Gasteiger partial charge in [-0.05, 0) is 19.1 Å². The Hall–Kier alpha value is -1.02. The van der Waals surface area contributed by atoms with Crippen LogP contribution >= 0.6 is 11.6 Å². The first kappa shape index (κ1) is 10.1. The summed E-state index contributed by atoms with van der Waals surface area (Å²) in [6, 6.07) is 7.07. The van der Waals surface area contributed by atoms with Gasteiger partial charge < -0.3 is 4.74 Å². The van der Waals surface area contributed by atoms with Crippen molar-refractivity contribution in [2.75, 3.05) is 12.5 Å². The summed E-state index contributed by atoms with van der Waals surface area (Å²) in [5.74, 6) is 1.18. The van der Waals surface area contributed by atoms with Gasteiger partial charge in [-0.25, -0.2) is 0 Å². The predicted octanol–water partition coefficient (Wildman–Crippen LogP) is 2.51. The third kappa shape index (κ3) is 3.07. The highest BCUT2D eigenvalue weighted by molar-refractivity contribution is 6.18. The maximum Gasteiger partial charge on any atom is 0.159 e. The quantitative estimate of drug-likeness (QED) is 0.549. The number of alkyl halides is 1. The van der Waals surface area contributed by atoms with E-state index in [0.717, 1.165) is 0 Å². The van der Waals surface area contributed by atoms with Crippen molar-refractivity contribution in [2.24, 2.45) is 0 Å². The van der Waals surface area contributed by atoms with Crippen molar-refractivity contribution < 1.29 is 9.53 Å². The molecule has 0 aliphatic heterocycles. The Labute approximate surface area is 82.5 Å². The van der Waals surface area contributed by atoms with E-state index in [1.807, 2.05) is 0 Å². The average molecular weight is 199 g/mol. The number of halogens is 1. The minimum Gasteiger partial charge on any atom is -0.492 e. The number of hydrogen-bond acceptors (Lipinski definition) is 2. The molecule has 0 aromatic heterocycles. The Kier molecular flexibility index (Phi) is 3.77. The number of ketones is 1. The average Bonchev–Trinajstić information content (AvgIpc) is 2.15. The monoisotopic (exact) mass is 198 g/mol. The Morgan fingerprint density at radius 1 is 1.54 bits per heavy atom. The van der Waals surface area contributed by atoms with E-state index in [-0.39, 0.29) is 5.78 Å². The van der Waals surface area contributed by atoms with Crippen LogP contribution in [0.15, 0.2) is 24.3 Å². The van der Waals surface area contributed by atoms with Gasteiger partial charge in [-0.1, -0.05) is 12.1 Å². The smallest absolute Gasteiger partial charge is 0.159 e. The van der Waals surface area contributed by atoms with E-state index in [9.17, 15) is 4.79 Å². The topological polar surface area (TPSA) is 26.3 Å². The molecule has 0 saturated heterocycles. The van der Waals surface area contributed by atoms with Crippen LogP contribution in [0.2, 0.25) is 0 Å². The molecule has 1 aromatic rings. The van der Waals surface area contributed by atoms with Crippen molar-refractivity contribution in [3.8, 4) is 5.75 Å². The minimum absolute atomic E-state index is 0.0383. The lowest BCUT2D eigenvalue weighted by atomic mass is 10.1. The minimum atomic E-state index is 0.0383. The summed E-state index contributed by atoms with van der Waals surface area (Å²) in [6.45, 7) is 1.99. The molecule has 0 fully saturated rings. The van der Waals surface area contributed by atoms with Gasteiger partial charge in [0.1, 0.15) is 12.4 Å². The fourth-order valence-electron chi connectivity index (χ4n) is 0.961. The molecule has 0 heterocycles. The molecule has 70 valence electrons. The van der Waals surface area contributed by atoms with Crippen molar-refractivity contribution in [3.63, 3.8) is 0 Å². The van der Waals surface area contributed by atoms with Gasteiger partial charge in [0, 0.05) is 5.56 Å². The van der Waals surface area contributed by atoms with Crippen LogP contribution in [0, 0.1) is 0 Å². The van der Waals surface area contributed by atoms with E-state index >= 15 is 0 Å². The first-order valence-corrected chi connectivity index (χ1v) is 4.57. The number of hydrogen-bond donors (Lipinski definition) is 0. The maximum atomic E-state index is 11.0. The predicted molar refractivity (Wildman–Crippen MR) is 52.7 cm³/mol. The Morgan fingerprint density at radius 3 is 2.92 bits per heavy atom. The third-order valence-corrected chi connectivity index (χ3v) is 1.74. The van der Waals surface area contributed by atoms with E-state index in [4.69, 9.17) is 16.3 Å². The summed E-state index contributed by atoms with van der Waals surface area (Å²) in [5, 5.41) is 0. The molecular weight excluding hydrogens is 188 g/mol. The molecule has 0 radical (unpaired) electrons. The Bertz CT molecular complexity index is 297. The lowest BCUT2D eigenvalue weighted by Crippen LogP contribution is -1.99. The molecule has 0 aliphatic carbocycles. The van der Waals surface area contributed by atoms with Crippen molar-refractivity contribution >= 4 is 17.4 Å². The number of carbonyl (C=O) groups is 1. The fourth-order valence-corrected chi connectivity index (χ4v) is 1.04. The highest BCUT2D eigenvalue weighted by atomic mass is 35.5. The zero-order valence-corrected chi connectivity index (χ0v) is 8.17. The van der Waals surface area contributed by atoms with Crippen LogP contribution in [0.1, 0.15) is 17.3 Å². The van der Waals surface area contributed by atoms with Crippen molar-refractivity contribution in [2.45, 2.75) is 6.92 Å². The van der Waals surface area contributed by atoms with Crippen LogP contribution in [0.4, 0.5) is 0 Å². The van der Waals surface area contributed by atoms with Crippen molar-refractivity contribution in [3.05, 3.63) is 29.8 Å². The molecule has 0 aliphatic rings. The van der Waals surface area contributed by atoms with Crippen LogP contribution in [0.5, 0.6) is 5.75 Å². The molecule has 0 unspecified atom stereocenters. The van der Waals surface area contributed by atoms with Crippen LogP contribution in [-0.2, 0) is 0 Å². The lowest BCUT2D eigenvalue weighted by Gasteiger charge is -2.04. The molecule has 0 bridgehead atoms. The lowest BCUT2D eigenvalue weighted by molar-refractivity contribution is 0.101. The molecule has 0 atom stereocenters. The number of carbonyl (C=O) groups excluding carboxylic acids is 1. The van der Waals surface area contributed by atoms with E-state index in [0.29, 0.717) is 23.8 Å². The van der Waals surface area contributed by atoms with E-state index in [2.05, 4.69) is 0 Å². The Morgan fingerprint density at radius 2 is 2.31 bits per heavy atom. The largest absolute Gasteiger partial charge is 0.492 e. The van der Waals surface area contributed by atoms with Gasteiger partial charge in [0.15, 0.2) is 5.78 Å². The summed E-state index contributed by atoms with van der Waals surface area (Å²) in [5.41, 5.74) is 0.659. The number of Topliss-reactive ketones (excluding diaryl/α,β-unsaturated/α-hetero) is 1. The number of benzene rings is 1. The van der Waals surface area contributed by atoms with Gasteiger partial charge in [-0.2, -0.15) is 0 Å². The standard InChI is InChI=1S/C10H11ClO2/c1-8(12)9-3-2-4-10(7-9)13-6-5-11/h2-4,7H,5-6H2,1H3. The van der Waals surface area contributed by atoms with Gasteiger partial charge in [0.05, 0.1) is 5.88 Å². The SMILES string of the molecule is CC(=O)c1cccc(OCCCl)c1. The van der Waals surface area contributed by atoms with Gasteiger partial charge in [0.2, 0.25) is 0 Å². The first-order valence-electron chi connectivity index (χ1n) is 4.04. The van der Waals surface area contributed by atoms with Gasteiger partial charge in [-0.15, -0.1) is 11.6 Å². The van der Waals surface area contributed by atoms with Crippen molar-refractivity contribution in [1.29, 1.82) is 0 Å². The molecule has 3 heteroatoms. The Balaban J connectivity index is 2.73. The third-order valence-electron chi connectivity index (χ3n) is 1.59. The van der Waals surface area contributed by atoms with Gasteiger partial charge in [0.25, 0.3) is 0 Å². The zero-order chi connectivity index (χ0) is 9.68. The summed E-state index contributed by atoms with van der Waals surface area (Å²) in [6.07, 6.45) is 0. The first-order chi connectivity index (χ1) is 6.24. The molecule has 1 aromatic carbocycles. The number of ether oxygens (including phenoxy) is 1. The van der Waals surface area contributed by atoms with Crippen molar-refractivity contribution in [1.82, 2.24) is 0 Å². The van der Waals surface area contributed by atoms with Gasteiger partial charge in [-0.3, -0.25) is 4.79 Å². The van der Waals surface area contributed by atoms with Crippen LogP contribution in [0.25, 0.3) is 0 Å². The second-order valence-corrected chi connectivity index (χ2v) is 3.00. The molecule has 1 rings (SSSR count). The molecule has 13 heavy (non-hydrogen) atoms. The fraction of sp³-hybridized carbons (Fsp3) is 0.300. The molecule has 0 saturated carbocycles. The summed E-state index contributed by atoms with van der Waals surface area (Å²) in [7, 11) is 0. The molecule has 2 nitrogen and oxygen atoms in total.